The highest BCUT2D eigenvalue weighted by Gasteiger charge is 2.30. The standard InChI is InChI=1S/C17H24N4O3/c1-11-14(12(2)24-20-11)8-9-16(22)21-10-6-4-5-7-15(21)17-19-18-13(3)23-17/h15H,4-10H2,1-3H3. The largest absolute Gasteiger partial charge is 0.423 e. The summed E-state index contributed by atoms with van der Waals surface area (Å²) in [5, 5.41) is 12.0. The molecule has 2 aromatic heterocycles. The molecule has 1 unspecified atom stereocenters. The molecule has 0 aliphatic carbocycles. The van der Waals surface area contributed by atoms with Crippen LogP contribution in [-0.4, -0.2) is 32.7 Å². The first kappa shape index (κ1) is 16.7. The molecule has 7 nitrogen and oxygen atoms in total. The number of carbonyl (C=O) groups is 1. The Kier molecular flexibility index (Phi) is 4.97. The molecule has 3 heterocycles. The van der Waals surface area contributed by atoms with Gasteiger partial charge in [0, 0.05) is 25.5 Å². The average molecular weight is 332 g/mol. The van der Waals surface area contributed by atoms with Gasteiger partial charge >= 0.3 is 0 Å². The van der Waals surface area contributed by atoms with Crippen molar-refractivity contribution in [1.82, 2.24) is 20.3 Å². The second-order valence-electron chi connectivity index (χ2n) is 6.41. The van der Waals surface area contributed by atoms with Crippen LogP contribution in [0.2, 0.25) is 0 Å². The summed E-state index contributed by atoms with van der Waals surface area (Å²) in [6.45, 7) is 6.31. The Bertz CT molecular complexity index is 687. The van der Waals surface area contributed by atoms with Crippen LogP contribution in [0.15, 0.2) is 8.94 Å². The SMILES string of the molecule is Cc1nnc(C2CCCCCN2C(=O)CCc2c(C)noc2C)o1. The molecule has 1 aliphatic rings. The topological polar surface area (TPSA) is 85.3 Å². The Morgan fingerprint density at radius 2 is 2.04 bits per heavy atom. The molecular weight excluding hydrogens is 308 g/mol. The van der Waals surface area contributed by atoms with Crippen molar-refractivity contribution in [2.75, 3.05) is 6.54 Å². The van der Waals surface area contributed by atoms with Crippen LogP contribution < -0.4 is 0 Å². The van der Waals surface area contributed by atoms with Crippen LogP contribution >= 0.6 is 0 Å². The number of nitrogens with zero attached hydrogens (tertiary/aromatic N) is 4. The van der Waals surface area contributed by atoms with Gasteiger partial charge in [0.25, 0.3) is 0 Å². The van der Waals surface area contributed by atoms with Gasteiger partial charge in [-0.3, -0.25) is 4.79 Å². The Morgan fingerprint density at radius 1 is 1.21 bits per heavy atom. The fraction of sp³-hybridized carbons (Fsp3) is 0.647. The number of aryl methyl sites for hydroxylation is 3. The summed E-state index contributed by atoms with van der Waals surface area (Å²) >= 11 is 0. The molecule has 3 rings (SSSR count). The summed E-state index contributed by atoms with van der Waals surface area (Å²) in [4.78, 5) is 14.8. The van der Waals surface area contributed by atoms with Gasteiger partial charge in [-0.2, -0.15) is 0 Å². The van der Waals surface area contributed by atoms with E-state index in [9.17, 15) is 4.79 Å². The van der Waals surface area contributed by atoms with Gasteiger partial charge in [-0.25, -0.2) is 0 Å². The molecule has 0 aromatic carbocycles. The van der Waals surface area contributed by atoms with Gasteiger partial charge in [-0.05, 0) is 33.1 Å². The van der Waals surface area contributed by atoms with Crippen LogP contribution in [0.4, 0.5) is 0 Å². The van der Waals surface area contributed by atoms with Crippen LogP contribution in [0.25, 0.3) is 0 Å². The lowest BCUT2D eigenvalue weighted by Gasteiger charge is -2.27. The number of carbonyl (C=O) groups excluding carboxylic acids is 1. The second kappa shape index (κ2) is 7.15. The Hall–Kier alpha value is -2.18. The van der Waals surface area contributed by atoms with Crippen LogP contribution in [0.1, 0.15) is 66.9 Å². The zero-order chi connectivity index (χ0) is 17.1. The first-order chi connectivity index (χ1) is 11.6. The Morgan fingerprint density at radius 3 is 2.71 bits per heavy atom. The van der Waals surface area contributed by atoms with E-state index < -0.39 is 0 Å². The van der Waals surface area contributed by atoms with Crippen LogP contribution in [0.3, 0.4) is 0 Å². The molecule has 1 fully saturated rings. The fourth-order valence-corrected chi connectivity index (χ4v) is 3.34. The third-order valence-corrected chi connectivity index (χ3v) is 4.67. The van der Waals surface area contributed by atoms with Crippen molar-refractivity contribution >= 4 is 5.91 Å². The maximum absolute atomic E-state index is 12.8. The van der Waals surface area contributed by atoms with Crippen molar-refractivity contribution in [3.63, 3.8) is 0 Å². The van der Waals surface area contributed by atoms with E-state index in [2.05, 4.69) is 15.4 Å². The minimum Gasteiger partial charge on any atom is -0.423 e. The minimum absolute atomic E-state index is 0.106. The third kappa shape index (κ3) is 3.49. The van der Waals surface area contributed by atoms with Crippen molar-refractivity contribution in [3.05, 3.63) is 28.8 Å². The molecule has 0 N–H and O–H groups in total. The summed E-state index contributed by atoms with van der Waals surface area (Å²) in [6, 6.07) is -0.106. The molecule has 1 atom stereocenters. The van der Waals surface area contributed by atoms with Gasteiger partial charge in [0.1, 0.15) is 11.8 Å². The second-order valence-corrected chi connectivity index (χ2v) is 6.41. The number of amides is 1. The molecule has 1 aliphatic heterocycles. The van der Waals surface area contributed by atoms with E-state index in [0.29, 0.717) is 24.6 Å². The fourth-order valence-electron chi connectivity index (χ4n) is 3.34. The van der Waals surface area contributed by atoms with E-state index >= 15 is 0 Å². The first-order valence-electron chi connectivity index (χ1n) is 8.57. The number of aromatic nitrogens is 3. The highest BCUT2D eigenvalue weighted by atomic mass is 16.5. The molecule has 0 radical (unpaired) electrons. The van der Waals surface area contributed by atoms with E-state index in [1.54, 1.807) is 6.92 Å². The number of rotatable bonds is 4. The highest BCUT2D eigenvalue weighted by Crippen LogP contribution is 2.30. The van der Waals surface area contributed by atoms with Gasteiger partial charge in [0.2, 0.25) is 17.7 Å². The summed E-state index contributed by atoms with van der Waals surface area (Å²) in [7, 11) is 0. The lowest BCUT2D eigenvalue weighted by molar-refractivity contribution is -0.134. The maximum atomic E-state index is 12.8. The highest BCUT2D eigenvalue weighted by molar-refractivity contribution is 5.77. The third-order valence-electron chi connectivity index (χ3n) is 4.67. The zero-order valence-corrected chi connectivity index (χ0v) is 14.5. The normalized spacial score (nSPS) is 18.6. The van der Waals surface area contributed by atoms with Gasteiger partial charge in [0.15, 0.2) is 0 Å². The average Bonchev–Trinajstić information content (AvgIpc) is 3.02. The molecule has 0 spiro atoms. The van der Waals surface area contributed by atoms with E-state index in [1.165, 1.54) is 0 Å². The lowest BCUT2D eigenvalue weighted by Crippen LogP contribution is -2.35. The summed E-state index contributed by atoms with van der Waals surface area (Å²) in [5.41, 5.74) is 1.89. The minimum atomic E-state index is -0.106. The molecule has 130 valence electrons. The van der Waals surface area contributed by atoms with Crippen molar-refractivity contribution in [3.8, 4) is 0 Å². The van der Waals surface area contributed by atoms with Gasteiger partial charge < -0.3 is 13.8 Å². The molecule has 0 bridgehead atoms. The molecule has 2 aromatic rings. The summed E-state index contributed by atoms with van der Waals surface area (Å²) < 4.78 is 10.8. The van der Waals surface area contributed by atoms with Gasteiger partial charge in [-0.1, -0.05) is 18.0 Å². The predicted octanol–water partition coefficient (Wildman–Crippen LogP) is 3.06. The number of likely N-dealkylation sites (tertiary alicyclic amines) is 1. The van der Waals surface area contributed by atoms with Crippen LogP contribution in [0.5, 0.6) is 0 Å². The summed E-state index contributed by atoms with van der Waals surface area (Å²) in [5.74, 6) is 2.01. The van der Waals surface area contributed by atoms with Crippen molar-refractivity contribution in [1.29, 1.82) is 0 Å². The molecule has 1 amide bonds. The van der Waals surface area contributed by atoms with Crippen LogP contribution in [0, 0.1) is 20.8 Å². The lowest BCUT2D eigenvalue weighted by atomic mass is 10.1. The van der Waals surface area contributed by atoms with E-state index in [1.807, 2.05) is 18.7 Å². The number of hydrogen-bond acceptors (Lipinski definition) is 6. The quantitative estimate of drug-likeness (QED) is 0.855. The van der Waals surface area contributed by atoms with Crippen LogP contribution in [-0.2, 0) is 11.2 Å². The number of hydrogen-bond donors (Lipinski definition) is 0. The Labute approximate surface area is 141 Å². The monoisotopic (exact) mass is 332 g/mol. The predicted molar refractivity (Wildman–Crippen MR) is 86.3 cm³/mol. The maximum Gasteiger partial charge on any atom is 0.238 e. The molecule has 24 heavy (non-hydrogen) atoms. The molecular formula is C17H24N4O3. The van der Waals surface area contributed by atoms with Gasteiger partial charge in [-0.15, -0.1) is 10.2 Å². The smallest absolute Gasteiger partial charge is 0.238 e. The van der Waals surface area contributed by atoms with E-state index in [4.69, 9.17) is 8.94 Å². The van der Waals surface area contributed by atoms with Crippen molar-refractivity contribution in [2.24, 2.45) is 0 Å². The zero-order valence-electron chi connectivity index (χ0n) is 14.5. The van der Waals surface area contributed by atoms with E-state index in [-0.39, 0.29) is 11.9 Å². The van der Waals surface area contributed by atoms with Crippen molar-refractivity contribution in [2.45, 2.75) is 65.3 Å². The molecule has 1 saturated heterocycles. The molecule has 7 heteroatoms. The molecule has 0 saturated carbocycles. The Balaban J connectivity index is 1.72. The summed E-state index contributed by atoms with van der Waals surface area (Å²) in [6.07, 6.45) is 5.16. The van der Waals surface area contributed by atoms with E-state index in [0.717, 1.165) is 49.2 Å². The first-order valence-corrected chi connectivity index (χ1v) is 8.57. The van der Waals surface area contributed by atoms with Crippen molar-refractivity contribution < 1.29 is 13.7 Å². The van der Waals surface area contributed by atoms with Gasteiger partial charge in [0.05, 0.1) is 5.69 Å².